The third kappa shape index (κ3) is 10.5. The number of aliphatic carboxylic acids is 1. The second-order valence-electron chi connectivity index (χ2n) is 11.0. The van der Waals surface area contributed by atoms with Crippen LogP contribution in [0.2, 0.25) is 0 Å². The van der Waals surface area contributed by atoms with Crippen LogP contribution in [0.5, 0.6) is 5.75 Å². The van der Waals surface area contributed by atoms with E-state index in [0.717, 1.165) is 0 Å². The molecule has 2 rings (SSSR count). The number of nitrogens with one attached hydrogen (secondary N) is 3. The lowest BCUT2D eigenvalue weighted by atomic mass is 9.98. The molecule has 0 aliphatic heterocycles. The number of amides is 2. The van der Waals surface area contributed by atoms with E-state index in [-0.39, 0.29) is 22.7 Å². The van der Waals surface area contributed by atoms with Crippen LogP contribution in [-0.2, 0) is 14.3 Å². The van der Waals surface area contributed by atoms with E-state index in [0.29, 0.717) is 5.56 Å². The van der Waals surface area contributed by atoms with E-state index in [1.807, 2.05) is 20.8 Å². The first-order chi connectivity index (χ1) is 18.4. The zero-order chi connectivity index (χ0) is 30.3. The number of Topliss-reactive ketones (excluding diaryl/α,β-unsaturated/α-hetero) is 1. The first-order valence-electron chi connectivity index (χ1n) is 12.6. The molecule has 0 aromatic heterocycles. The third-order valence-electron chi connectivity index (χ3n) is 5.14. The highest BCUT2D eigenvalue weighted by molar-refractivity contribution is 6.06. The molecule has 2 aromatic rings. The van der Waals surface area contributed by atoms with E-state index >= 15 is 0 Å². The summed E-state index contributed by atoms with van der Waals surface area (Å²) < 4.78 is 16.3. The van der Waals surface area contributed by atoms with Crippen LogP contribution in [0.4, 0.5) is 4.79 Å². The smallest absolute Gasteiger partial charge is 0.413 e. The Labute approximate surface area is 233 Å². The van der Waals surface area contributed by atoms with Crippen molar-refractivity contribution in [2.75, 3.05) is 6.61 Å². The highest BCUT2D eigenvalue weighted by Crippen LogP contribution is 2.19. The van der Waals surface area contributed by atoms with Gasteiger partial charge < -0.3 is 24.6 Å². The lowest BCUT2D eigenvalue weighted by Crippen LogP contribution is -2.50. The van der Waals surface area contributed by atoms with Gasteiger partial charge in [-0.05, 0) is 84.9 Å². The number of ketones is 1. The van der Waals surface area contributed by atoms with Crippen molar-refractivity contribution >= 4 is 29.6 Å². The Morgan fingerprint density at radius 3 is 1.88 bits per heavy atom. The van der Waals surface area contributed by atoms with E-state index in [1.165, 1.54) is 48.5 Å². The number of ether oxygens (including phenoxy) is 3. The number of benzene rings is 2. The summed E-state index contributed by atoms with van der Waals surface area (Å²) in [6.07, 6.45) is -1.47. The van der Waals surface area contributed by atoms with Gasteiger partial charge in [0.15, 0.2) is 12.4 Å². The number of carbonyl (C=O) groups is 4. The molecule has 0 spiro atoms. The topological polar surface area (TPSA) is 164 Å². The average molecular weight is 556 g/mol. The minimum absolute atomic E-state index is 0.197. The molecule has 0 saturated carbocycles. The van der Waals surface area contributed by atoms with Gasteiger partial charge in [0, 0.05) is 16.7 Å². The van der Waals surface area contributed by atoms with Crippen LogP contribution >= 0.6 is 0 Å². The largest absolute Gasteiger partial charge is 0.482 e. The summed E-state index contributed by atoms with van der Waals surface area (Å²) in [6.45, 7) is 11.8. The summed E-state index contributed by atoms with van der Waals surface area (Å²) in [7, 11) is 0. The highest BCUT2D eigenvalue weighted by atomic mass is 16.6. The summed E-state index contributed by atoms with van der Waals surface area (Å²) in [6, 6.07) is 10.8. The number of hydrogen-bond acceptors (Lipinski definition) is 8. The molecule has 0 aliphatic carbocycles. The molecule has 2 amide bonds. The normalized spacial score (nSPS) is 13.0. The summed E-state index contributed by atoms with van der Waals surface area (Å²) in [4.78, 5) is 49.3. The molecule has 4 N–H and O–H groups in total. The van der Waals surface area contributed by atoms with Gasteiger partial charge in [0.05, 0.1) is 11.7 Å². The zero-order valence-corrected chi connectivity index (χ0v) is 23.8. The van der Waals surface area contributed by atoms with Crippen LogP contribution in [0.15, 0.2) is 48.5 Å². The van der Waals surface area contributed by atoms with E-state index in [1.54, 1.807) is 27.7 Å². The second kappa shape index (κ2) is 13.2. The van der Waals surface area contributed by atoms with Gasteiger partial charge in [-0.3, -0.25) is 20.3 Å². The third-order valence-corrected chi connectivity index (χ3v) is 5.14. The Balaban J connectivity index is 2.19. The van der Waals surface area contributed by atoms with Crippen molar-refractivity contribution < 1.29 is 38.5 Å². The van der Waals surface area contributed by atoms with Gasteiger partial charge in [0.1, 0.15) is 23.2 Å². The number of hydrogen-bond donors (Lipinski definition) is 4. The van der Waals surface area contributed by atoms with Crippen LogP contribution in [0.3, 0.4) is 0 Å². The number of amidine groups is 1. The van der Waals surface area contributed by atoms with Gasteiger partial charge >= 0.3 is 12.1 Å². The Hall–Kier alpha value is -4.25. The second-order valence-corrected chi connectivity index (χ2v) is 11.0. The number of carboxylic acids is 1. The maximum atomic E-state index is 13.5. The Kier molecular flexibility index (Phi) is 10.6. The molecule has 0 aliphatic rings. The molecule has 216 valence electrons. The van der Waals surface area contributed by atoms with E-state index in [9.17, 15) is 19.2 Å². The van der Waals surface area contributed by atoms with Gasteiger partial charge in [-0.1, -0.05) is 12.1 Å². The molecule has 2 atom stereocenters. The van der Waals surface area contributed by atoms with Crippen molar-refractivity contribution in [3.8, 4) is 5.75 Å². The van der Waals surface area contributed by atoms with Crippen molar-refractivity contribution in [2.24, 2.45) is 0 Å². The molecule has 0 heterocycles. The van der Waals surface area contributed by atoms with Crippen molar-refractivity contribution in [3.63, 3.8) is 0 Å². The first-order valence-corrected chi connectivity index (χ1v) is 12.6. The first kappa shape index (κ1) is 32.0. The SMILES string of the molecule is C[C@@H](OC(C)(C)C)[C@H](NC(=O)c1ccc(C(=N)NC(=O)OC(C)(C)C)cc1)C(=O)c1ccc(OCC(=O)O)cc1. The predicted molar refractivity (Wildman–Crippen MR) is 148 cm³/mol. The van der Waals surface area contributed by atoms with Crippen molar-refractivity contribution in [1.29, 1.82) is 5.41 Å². The van der Waals surface area contributed by atoms with Crippen molar-refractivity contribution in [1.82, 2.24) is 10.6 Å². The maximum Gasteiger partial charge on any atom is 0.413 e. The summed E-state index contributed by atoms with van der Waals surface area (Å²) >= 11 is 0. The van der Waals surface area contributed by atoms with E-state index in [2.05, 4.69) is 10.6 Å². The molecule has 0 radical (unpaired) electrons. The van der Waals surface area contributed by atoms with Crippen LogP contribution in [0.1, 0.15) is 74.7 Å². The van der Waals surface area contributed by atoms with E-state index < -0.39 is 53.7 Å². The summed E-state index contributed by atoms with van der Waals surface area (Å²) in [5.74, 6) is -1.99. The monoisotopic (exact) mass is 555 g/mol. The molecule has 2 aromatic carbocycles. The lowest BCUT2D eigenvalue weighted by molar-refractivity contribution is -0.139. The summed E-state index contributed by atoms with van der Waals surface area (Å²) in [5.41, 5.74) is -0.462. The van der Waals surface area contributed by atoms with Gasteiger partial charge in [0.25, 0.3) is 5.91 Å². The molecule has 0 unspecified atom stereocenters. The molecule has 0 saturated heterocycles. The predicted octanol–water partition coefficient (Wildman–Crippen LogP) is 4.18. The number of rotatable bonds is 10. The number of carboxylic acid groups (broad SMARTS) is 1. The molecule has 0 fully saturated rings. The quantitative estimate of drug-likeness (QED) is 0.193. The number of alkyl carbamates (subject to hydrolysis) is 1. The zero-order valence-electron chi connectivity index (χ0n) is 23.8. The Morgan fingerprint density at radius 1 is 0.850 bits per heavy atom. The minimum Gasteiger partial charge on any atom is -0.482 e. The van der Waals surface area contributed by atoms with Crippen LogP contribution in [0.25, 0.3) is 0 Å². The van der Waals surface area contributed by atoms with Crippen molar-refractivity contribution in [3.05, 3.63) is 65.2 Å². The highest BCUT2D eigenvalue weighted by Gasteiger charge is 2.31. The molecule has 0 bridgehead atoms. The molecule has 11 heteroatoms. The standard InChI is InChI=1S/C29H37N3O8/c1-17(39-28(2,3)4)23(24(35)18-12-14-21(15-13-18)38-16-22(33)34)31-26(36)20-10-8-19(9-11-20)25(30)32-27(37)40-29(5,6)7/h8-15,17,23H,16H2,1-7H3,(H,31,36)(H,33,34)(H2,30,32,37)/t17-,23+/m1/s1. The van der Waals surface area contributed by atoms with E-state index in [4.69, 9.17) is 24.7 Å². The van der Waals surface area contributed by atoms with Crippen LogP contribution < -0.4 is 15.4 Å². The molecular weight excluding hydrogens is 518 g/mol. The van der Waals surface area contributed by atoms with Crippen molar-refractivity contribution in [2.45, 2.75) is 71.8 Å². The average Bonchev–Trinajstić information content (AvgIpc) is 2.83. The van der Waals surface area contributed by atoms with Gasteiger partial charge in [-0.2, -0.15) is 0 Å². The molecule has 40 heavy (non-hydrogen) atoms. The fourth-order valence-corrected chi connectivity index (χ4v) is 3.55. The van der Waals surface area contributed by atoms with Gasteiger partial charge in [-0.25, -0.2) is 9.59 Å². The lowest BCUT2D eigenvalue weighted by Gasteiger charge is -2.30. The molecular formula is C29H37N3O8. The Bertz CT molecular complexity index is 1230. The number of carbonyl (C=O) groups excluding carboxylic acids is 3. The fourth-order valence-electron chi connectivity index (χ4n) is 3.55. The Morgan fingerprint density at radius 2 is 1.38 bits per heavy atom. The molecule has 11 nitrogen and oxygen atoms in total. The maximum absolute atomic E-state index is 13.5. The van der Waals surface area contributed by atoms with Gasteiger partial charge in [-0.15, -0.1) is 0 Å². The fraction of sp³-hybridized carbons (Fsp3) is 0.414. The van der Waals surface area contributed by atoms with Gasteiger partial charge in [0.2, 0.25) is 0 Å². The summed E-state index contributed by atoms with van der Waals surface area (Å²) in [5, 5.41) is 22.0. The van der Waals surface area contributed by atoms with Crippen LogP contribution in [0, 0.1) is 5.41 Å². The minimum atomic E-state index is -1.12. The van der Waals surface area contributed by atoms with Crippen LogP contribution in [-0.4, -0.2) is 64.6 Å².